The molecule has 1 saturated heterocycles. The maximum absolute atomic E-state index is 12.2. The van der Waals surface area contributed by atoms with Crippen LogP contribution in [-0.4, -0.2) is 24.1 Å². The number of amides is 1. The van der Waals surface area contributed by atoms with Crippen LogP contribution >= 0.6 is 15.9 Å². The fourth-order valence-corrected chi connectivity index (χ4v) is 2.21. The predicted octanol–water partition coefficient (Wildman–Crippen LogP) is 2.10. The predicted molar refractivity (Wildman–Crippen MR) is 68.7 cm³/mol. The van der Waals surface area contributed by atoms with Gasteiger partial charge in [0, 0.05) is 23.9 Å². The Bertz CT molecular complexity index is 492. The molecule has 1 N–H and O–H groups in total. The molecule has 0 spiro atoms. The van der Waals surface area contributed by atoms with E-state index in [-0.39, 0.29) is 5.91 Å². The number of hydrogen-bond acceptors (Lipinski definition) is 4. The Hall–Kier alpha value is -1.45. The highest BCUT2D eigenvalue weighted by molar-refractivity contribution is 9.10. The van der Waals surface area contributed by atoms with E-state index in [0.717, 1.165) is 4.47 Å². The number of pyridine rings is 1. The van der Waals surface area contributed by atoms with Crippen LogP contribution in [0.25, 0.3) is 0 Å². The number of anilines is 1. The molecule has 5 nitrogen and oxygen atoms in total. The van der Waals surface area contributed by atoms with Gasteiger partial charge in [-0.15, -0.1) is 0 Å². The van der Waals surface area contributed by atoms with Crippen LogP contribution in [0.1, 0.15) is 12.8 Å². The molecule has 0 saturated carbocycles. The summed E-state index contributed by atoms with van der Waals surface area (Å²) in [7, 11) is 0. The van der Waals surface area contributed by atoms with Crippen molar-refractivity contribution in [3.8, 4) is 6.07 Å². The lowest BCUT2D eigenvalue weighted by atomic mass is 9.81. The van der Waals surface area contributed by atoms with Crippen molar-refractivity contribution in [3.05, 3.63) is 22.9 Å². The molecule has 1 amide bonds. The van der Waals surface area contributed by atoms with E-state index < -0.39 is 5.41 Å². The first-order chi connectivity index (χ1) is 8.66. The second-order valence-corrected chi connectivity index (χ2v) is 5.07. The van der Waals surface area contributed by atoms with E-state index in [1.165, 1.54) is 0 Å². The summed E-state index contributed by atoms with van der Waals surface area (Å²) in [5, 5.41) is 12.0. The Balaban J connectivity index is 2.13. The van der Waals surface area contributed by atoms with Gasteiger partial charge in [0.1, 0.15) is 5.41 Å². The molecule has 94 valence electrons. The molecule has 18 heavy (non-hydrogen) atoms. The van der Waals surface area contributed by atoms with Crippen LogP contribution in [0.4, 0.5) is 5.69 Å². The van der Waals surface area contributed by atoms with Crippen molar-refractivity contribution in [2.24, 2.45) is 5.41 Å². The molecule has 0 radical (unpaired) electrons. The van der Waals surface area contributed by atoms with Crippen LogP contribution in [-0.2, 0) is 9.53 Å². The first-order valence-electron chi connectivity index (χ1n) is 5.57. The van der Waals surface area contributed by atoms with E-state index in [2.05, 4.69) is 32.3 Å². The van der Waals surface area contributed by atoms with E-state index in [1.807, 2.05) is 0 Å². The van der Waals surface area contributed by atoms with E-state index in [1.54, 1.807) is 18.5 Å². The van der Waals surface area contributed by atoms with Crippen LogP contribution in [0.3, 0.4) is 0 Å². The van der Waals surface area contributed by atoms with Gasteiger partial charge < -0.3 is 10.1 Å². The topological polar surface area (TPSA) is 75.0 Å². The summed E-state index contributed by atoms with van der Waals surface area (Å²) >= 11 is 3.28. The lowest BCUT2D eigenvalue weighted by Gasteiger charge is -2.29. The van der Waals surface area contributed by atoms with Crippen molar-refractivity contribution in [2.75, 3.05) is 18.5 Å². The average molecular weight is 310 g/mol. The van der Waals surface area contributed by atoms with Gasteiger partial charge in [-0.05, 0) is 34.8 Å². The van der Waals surface area contributed by atoms with Crippen LogP contribution < -0.4 is 5.32 Å². The average Bonchev–Trinajstić information content (AvgIpc) is 2.39. The number of aromatic nitrogens is 1. The number of carbonyl (C=O) groups is 1. The molecule has 6 heteroatoms. The molecule has 0 unspecified atom stereocenters. The molecule has 1 aromatic rings. The van der Waals surface area contributed by atoms with Gasteiger partial charge in [-0.25, -0.2) is 0 Å². The van der Waals surface area contributed by atoms with E-state index in [0.29, 0.717) is 31.7 Å². The molecule has 0 aliphatic carbocycles. The molecule has 0 bridgehead atoms. The number of nitrogens with zero attached hydrogens (tertiary/aromatic N) is 2. The molecule has 1 aliphatic rings. The Kier molecular flexibility index (Phi) is 3.94. The summed E-state index contributed by atoms with van der Waals surface area (Å²) in [4.78, 5) is 16.2. The Labute approximate surface area is 113 Å². The minimum atomic E-state index is -0.986. The Morgan fingerprint density at radius 2 is 2.22 bits per heavy atom. The quantitative estimate of drug-likeness (QED) is 0.908. The molecular formula is C12H12BrN3O2. The van der Waals surface area contributed by atoms with Crippen molar-refractivity contribution in [1.82, 2.24) is 4.98 Å². The van der Waals surface area contributed by atoms with Crippen LogP contribution in [0, 0.1) is 16.7 Å². The number of nitrogens with one attached hydrogen (secondary N) is 1. The maximum atomic E-state index is 12.2. The molecule has 1 fully saturated rings. The van der Waals surface area contributed by atoms with E-state index in [4.69, 9.17) is 4.74 Å². The minimum absolute atomic E-state index is 0.284. The maximum Gasteiger partial charge on any atom is 0.245 e. The Morgan fingerprint density at radius 3 is 2.83 bits per heavy atom. The molecule has 1 aliphatic heterocycles. The molecule has 1 aromatic heterocycles. The lowest BCUT2D eigenvalue weighted by molar-refractivity contribution is -0.126. The minimum Gasteiger partial charge on any atom is -0.381 e. The van der Waals surface area contributed by atoms with Gasteiger partial charge >= 0.3 is 0 Å². The second kappa shape index (κ2) is 5.46. The third kappa shape index (κ3) is 2.68. The van der Waals surface area contributed by atoms with Gasteiger partial charge in [0.05, 0.1) is 18.0 Å². The lowest BCUT2D eigenvalue weighted by Crippen LogP contribution is -2.39. The van der Waals surface area contributed by atoms with E-state index in [9.17, 15) is 10.1 Å². The van der Waals surface area contributed by atoms with E-state index >= 15 is 0 Å². The fourth-order valence-electron chi connectivity index (χ4n) is 1.84. The number of carbonyl (C=O) groups excluding carboxylic acids is 1. The molecular weight excluding hydrogens is 298 g/mol. The van der Waals surface area contributed by atoms with Crippen molar-refractivity contribution in [3.63, 3.8) is 0 Å². The van der Waals surface area contributed by atoms with Crippen molar-refractivity contribution in [1.29, 1.82) is 5.26 Å². The van der Waals surface area contributed by atoms with Crippen LogP contribution in [0.2, 0.25) is 0 Å². The third-order valence-electron chi connectivity index (χ3n) is 2.96. The van der Waals surface area contributed by atoms with Gasteiger partial charge in [-0.2, -0.15) is 5.26 Å². The van der Waals surface area contributed by atoms with Crippen LogP contribution in [0.15, 0.2) is 22.9 Å². The summed E-state index contributed by atoms with van der Waals surface area (Å²) in [5.74, 6) is -0.284. The Morgan fingerprint density at radius 1 is 1.50 bits per heavy atom. The number of halogens is 1. The van der Waals surface area contributed by atoms with Crippen molar-refractivity contribution < 1.29 is 9.53 Å². The molecule has 2 rings (SSSR count). The summed E-state index contributed by atoms with van der Waals surface area (Å²) in [6, 6.07) is 3.87. The SMILES string of the molecule is N#CC1(C(=O)Nc2cncc(Br)c2)CCOCC1. The second-order valence-electron chi connectivity index (χ2n) is 4.15. The zero-order valence-corrected chi connectivity index (χ0v) is 11.2. The summed E-state index contributed by atoms with van der Waals surface area (Å²) in [6.45, 7) is 0.884. The smallest absolute Gasteiger partial charge is 0.245 e. The number of hydrogen-bond donors (Lipinski definition) is 1. The first kappa shape index (κ1) is 13.0. The van der Waals surface area contributed by atoms with Gasteiger partial charge in [0.2, 0.25) is 5.91 Å². The highest BCUT2D eigenvalue weighted by Crippen LogP contribution is 2.31. The molecule has 0 atom stereocenters. The summed E-state index contributed by atoms with van der Waals surface area (Å²) in [6.07, 6.45) is 4.03. The summed E-state index contributed by atoms with van der Waals surface area (Å²) < 4.78 is 5.97. The fraction of sp³-hybridized carbons (Fsp3) is 0.417. The molecule has 0 aromatic carbocycles. The number of ether oxygens (including phenoxy) is 1. The van der Waals surface area contributed by atoms with Gasteiger partial charge in [0.15, 0.2) is 0 Å². The zero-order valence-electron chi connectivity index (χ0n) is 9.65. The third-order valence-corrected chi connectivity index (χ3v) is 3.39. The zero-order chi connectivity index (χ0) is 13.0. The highest BCUT2D eigenvalue weighted by Gasteiger charge is 2.40. The van der Waals surface area contributed by atoms with Crippen molar-refractivity contribution >= 4 is 27.5 Å². The largest absolute Gasteiger partial charge is 0.381 e. The first-order valence-corrected chi connectivity index (χ1v) is 6.37. The molecule has 2 heterocycles. The number of nitriles is 1. The monoisotopic (exact) mass is 309 g/mol. The van der Waals surface area contributed by atoms with Gasteiger partial charge in [0.25, 0.3) is 0 Å². The van der Waals surface area contributed by atoms with Gasteiger partial charge in [-0.3, -0.25) is 9.78 Å². The highest BCUT2D eigenvalue weighted by atomic mass is 79.9. The van der Waals surface area contributed by atoms with Gasteiger partial charge in [-0.1, -0.05) is 0 Å². The normalized spacial score (nSPS) is 17.8. The standard InChI is InChI=1S/C12H12BrN3O2/c13-9-5-10(7-15-6-9)16-11(17)12(8-14)1-3-18-4-2-12/h5-7H,1-4H2,(H,16,17). The number of rotatable bonds is 2. The van der Waals surface area contributed by atoms with Crippen molar-refractivity contribution in [2.45, 2.75) is 12.8 Å². The summed E-state index contributed by atoms with van der Waals surface area (Å²) in [5.41, 5.74) is -0.406. The van der Waals surface area contributed by atoms with Crippen LogP contribution in [0.5, 0.6) is 0 Å².